The smallest absolute Gasteiger partial charge is 0.243 e. The van der Waals surface area contributed by atoms with E-state index in [0.29, 0.717) is 24.3 Å². The molecule has 0 aliphatic rings. The Hall–Kier alpha value is -1.37. The number of ether oxygens (including phenoxy) is 1. The van der Waals surface area contributed by atoms with E-state index >= 15 is 0 Å². The van der Waals surface area contributed by atoms with Crippen LogP contribution >= 0.6 is 0 Å². The number of rotatable bonds is 7. The predicted octanol–water partition coefficient (Wildman–Crippen LogP) is 1.39. The van der Waals surface area contributed by atoms with E-state index in [1.54, 1.807) is 39.3 Å². The summed E-state index contributed by atoms with van der Waals surface area (Å²) in [6, 6.07) is 4.92. The molecule has 112 valence electrons. The van der Waals surface area contributed by atoms with Gasteiger partial charge in [-0.1, -0.05) is 12.2 Å². The summed E-state index contributed by atoms with van der Waals surface area (Å²) in [6.45, 7) is 6.20. The van der Waals surface area contributed by atoms with Crippen molar-refractivity contribution in [2.24, 2.45) is 5.73 Å². The molecule has 0 aromatic heterocycles. The van der Waals surface area contributed by atoms with Crippen molar-refractivity contribution in [3.8, 4) is 5.75 Å². The number of benzene rings is 1. The van der Waals surface area contributed by atoms with Crippen LogP contribution in [-0.4, -0.2) is 40.0 Å². The first-order valence-electron chi connectivity index (χ1n) is 6.30. The van der Waals surface area contributed by atoms with Gasteiger partial charge in [0.2, 0.25) is 10.0 Å². The Bertz CT molecular complexity index is 582. The Morgan fingerprint density at radius 1 is 1.45 bits per heavy atom. The van der Waals surface area contributed by atoms with Crippen molar-refractivity contribution < 1.29 is 13.2 Å². The molecular formula is C14H22N2O3S. The van der Waals surface area contributed by atoms with E-state index < -0.39 is 10.0 Å². The van der Waals surface area contributed by atoms with Crippen LogP contribution in [0.2, 0.25) is 0 Å². The van der Waals surface area contributed by atoms with E-state index in [1.807, 2.05) is 0 Å². The third kappa shape index (κ3) is 3.82. The van der Waals surface area contributed by atoms with Crippen molar-refractivity contribution in [2.45, 2.75) is 18.2 Å². The van der Waals surface area contributed by atoms with Gasteiger partial charge in [-0.2, -0.15) is 4.31 Å². The van der Waals surface area contributed by atoms with E-state index in [1.165, 1.54) is 4.31 Å². The van der Waals surface area contributed by atoms with Gasteiger partial charge in [0.25, 0.3) is 0 Å². The average Bonchev–Trinajstić information content (AvgIpc) is 2.37. The topological polar surface area (TPSA) is 72.6 Å². The molecule has 1 aromatic rings. The van der Waals surface area contributed by atoms with Crippen molar-refractivity contribution in [1.82, 2.24) is 4.31 Å². The van der Waals surface area contributed by atoms with Crippen LogP contribution in [0.25, 0.3) is 0 Å². The zero-order valence-electron chi connectivity index (χ0n) is 12.2. The normalized spacial score (nSPS) is 11.7. The van der Waals surface area contributed by atoms with Crippen molar-refractivity contribution in [3.05, 3.63) is 35.9 Å². The molecule has 0 aliphatic heterocycles. The SMILES string of the molecule is C=C(C)CN(C)S(=O)(=O)c1ccc(OC)cc1CCN. The average molecular weight is 298 g/mol. The van der Waals surface area contributed by atoms with Gasteiger partial charge in [-0.3, -0.25) is 0 Å². The van der Waals surface area contributed by atoms with Crippen molar-refractivity contribution in [3.63, 3.8) is 0 Å². The molecule has 0 atom stereocenters. The number of nitrogens with two attached hydrogens (primary N) is 1. The lowest BCUT2D eigenvalue weighted by molar-refractivity contribution is 0.413. The highest BCUT2D eigenvalue weighted by Crippen LogP contribution is 2.24. The summed E-state index contributed by atoms with van der Waals surface area (Å²) in [5, 5.41) is 0. The van der Waals surface area contributed by atoms with Crippen LogP contribution in [0.4, 0.5) is 0 Å². The van der Waals surface area contributed by atoms with Gasteiger partial charge < -0.3 is 10.5 Å². The second kappa shape index (κ2) is 6.88. The lowest BCUT2D eigenvalue weighted by Crippen LogP contribution is -2.29. The first-order valence-corrected chi connectivity index (χ1v) is 7.74. The number of hydrogen-bond donors (Lipinski definition) is 1. The highest BCUT2D eigenvalue weighted by atomic mass is 32.2. The second-order valence-electron chi connectivity index (χ2n) is 4.73. The quantitative estimate of drug-likeness (QED) is 0.772. The van der Waals surface area contributed by atoms with Gasteiger partial charge in [-0.05, 0) is 43.7 Å². The predicted molar refractivity (Wildman–Crippen MR) is 80.4 cm³/mol. The number of methoxy groups -OCH3 is 1. The molecule has 0 radical (unpaired) electrons. The molecule has 0 fully saturated rings. The van der Waals surface area contributed by atoms with E-state index in [4.69, 9.17) is 10.5 Å². The molecule has 0 aliphatic carbocycles. The van der Waals surface area contributed by atoms with Gasteiger partial charge in [0.1, 0.15) is 5.75 Å². The van der Waals surface area contributed by atoms with Gasteiger partial charge in [-0.25, -0.2) is 8.42 Å². The Labute approximate surface area is 121 Å². The van der Waals surface area contributed by atoms with Gasteiger partial charge in [0.05, 0.1) is 12.0 Å². The minimum atomic E-state index is -3.55. The number of likely N-dealkylation sites (N-methyl/N-ethyl adjacent to an activating group) is 1. The first kappa shape index (κ1) is 16.7. The van der Waals surface area contributed by atoms with Gasteiger partial charge in [0.15, 0.2) is 0 Å². The first-order chi connectivity index (χ1) is 9.32. The zero-order valence-corrected chi connectivity index (χ0v) is 13.0. The Morgan fingerprint density at radius 3 is 2.60 bits per heavy atom. The summed E-state index contributed by atoms with van der Waals surface area (Å²) >= 11 is 0. The molecule has 0 bridgehead atoms. The summed E-state index contributed by atoms with van der Waals surface area (Å²) in [6.07, 6.45) is 0.479. The summed E-state index contributed by atoms with van der Waals surface area (Å²) < 4.78 is 31.6. The van der Waals surface area contributed by atoms with Crippen LogP contribution < -0.4 is 10.5 Å². The third-order valence-corrected chi connectivity index (χ3v) is 4.77. The Morgan fingerprint density at radius 2 is 2.10 bits per heavy atom. The van der Waals surface area contributed by atoms with Gasteiger partial charge in [0, 0.05) is 13.6 Å². The molecular weight excluding hydrogens is 276 g/mol. The molecule has 5 nitrogen and oxygen atoms in total. The van der Waals surface area contributed by atoms with Crippen molar-refractivity contribution in [1.29, 1.82) is 0 Å². The standard InChI is InChI=1S/C14H22N2O3S/c1-11(2)10-16(3)20(17,18)14-6-5-13(19-4)9-12(14)7-8-15/h5-6,9H,1,7-8,10,15H2,2-4H3. The second-order valence-corrected chi connectivity index (χ2v) is 6.74. The number of sulfonamides is 1. The fourth-order valence-electron chi connectivity index (χ4n) is 1.92. The molecule has 0 saturated carbocycles. The van der Waals surface area contributed by atoms with Crippen LogP contribution in [0.1, 0.15) is 12.5 Å². The summed E-state index contributed by atoms with van der Waals surface area (Å²) in [7, 11) is -0.464. The molecule has 0 unspecified atom stereocenters. The molecule has 0 saturated heterocycles. The maximum Gasteiger partial charge on any atom is 0.243 e. The number of nitrogens with zero attached hydrogens (tertiary/aromatic N) is 1. The Kier molecular flexibility index (Phi) is 5.74. The largest absolute Gasteiger partial charge is 0.497 e. The monoisotopic (exact) mass is 298 g/mol. The highest BCUT2D eigenvalue weighted by molar-refractivity contribution is 7.89. The molecule has 0 heterocycles. The third-order valence-electron chi connectivity index (χ3n) is 2.86. The maximum absolute atomic E-state index is 12.6. The van der Waals surface area contributed by atoms with E-state index in [2.05, 4.69) is 6.58 Å². The zero-order chi connectivity index (χ0) is 15.3. The van der Waals surface area contributed by atoms with Crippen LogP contribution in [-0.2, 0) is 16.4 Å². The minimum Gasteiger partial charge on any atom is -0.497 e. The fraction of sp³-hybridized carbons (Fsp3) is 0.429. The van der Waals surface area contributed by atoms with Crippen molar-refractivity contribution >= 4 is 10.0 Å². The summed E-state index contributed by atoms with van der Waals surface area (Å²) in [4.78, 5) is 0.271. The van der Waals surface area contributed by atoms with E-state index in [-0.39, 0.29) is 11.4 Å². The lowest BCUT2D eigenvalue weighted by Gasteiger charge is -2.19. The van der Waals surface area contributed by atoms with E-state index in [0.717, 1.165) is 5.57 Å². The lowest BCUT2D eigenvalue weighted by atomic mass is 10.1. The fourth-order valence-corrected chi connectivity index (χ4v) is 3.38. The summed E-state index contributed by atoms with van der Waals surface area (Å²) in [5.41, 5.74) is 7.01. The molecule has 0 spiro atoms. The van der Waals surface area contributed by atoms with Crippen LogP contribution in [0.5, 0.6) is 5.75 Å². The number of hydrogen-bond acceptors (Lipinski definition) is 4. The van der Waals surface area contributed by atoms with Crippen LogP contribution in [0.3, 0.4) is 0 Å². The molecule has 20 heavy (non-hydrogen) atoms. The van der Waals surface area contributed by atoms with Crippen molar-refractivity contribution in [2.75, 3.05) is 27.2 Å². The van der Waals surface area contributed by atoms with Gasteiger partial charge >= 0.3 is 0 Å². The maximum atomic E-state index is 12.6. The van der Waals surface area contributed by atoms with Crippen LogP contribution in [0.15, 0.2) is 35.2 Å². The van der Waals surface area contributed by atoms with Crippen LogP contribution in [0, 0.1) is 0 Å². The van der Waals surface area contributed by atoms with Gasteiger partial charge in [-0.15, -0.1) is 0 Å². The highest BCUT2D eigenvalue weighted by Gasteiger charge is 2.23. The van der Waals surface area contributed by atoms with E-state index in [9.17, 15) is 8.42 Å². The molecule has 2 N–H and O–H groups in total. The molecule has 0 amide bonds. The Balaban J connectivity index is 3.26. The minimum absolute atomic E-state index is 0.271. The molecule has 1 aromatic carbocycles. The summed E-state index contributed by atoms with van der Waals surface area (Å²) in [5.74, 6) is 0.620. The molecule has 1 rings (SSSR count). The molecule has 6 heteroatoms.